The zero-order chi connectivity index (χ0) is 16.8. The van der Waals surface area contributed by atoms with Crippen LogP contribution in [0.4, 0.5) is 5.69 Å². The van der Waals surface area contributed by atoms with Crippen molar-refractivity contribution in [3.8, 4) is 5.75 Å². The Hall–Kier alpha value is -2.09. The van der Waals surface area contributed by atoms with E-state index in [1.165, 1.54) is 7.11 Å². The number of methoxy groups -OCH3 is 1. The van der Waals surface area contributed by atoms with Crippen molar-refractivity contribution in [3.05, 3.63) is 57.2 Å². The number of amides is 1. The number of ether oxygens (including phenoxy) is 2. The van der Waals surface area contributed by atoms with E-state index in [1.807, 2.05) is 25.1 Å². The molecule has 1 amide bonds. The lowest BCUT2D eigenvalue weighted by Crippen LogP contribution is -2.21. The van der Waals surface area contributed by atoms with Crippen molar-refractivity contribution >= 4 is 40.2 Å². The van der Waals surface area contributed by atoms with Crippen LogP contribution in [0.25, 0.3) is 0 Å². The lowest BCUT2D eigenvalue weighted by Gasteiger charge is -2.10. The number of benzene rings is 2. The number of carbonyl (C=O) groups excluding carboxylic acids is 2. The van der Waals surface area contributed by atoms with E-state index in [0.29, 0.717) is 11.4 Å². The molecular weight excluding hydrogens is 409 g/mol. The molecule has 2 aromatic carbocycles. The smallest absolute Gasteiger partial charge is 0.342 e. The summed E-state index contributed by atoms with van der Waals surface area (Å²) in [5.74, 6) is -0.583. The molecule has 6 heteroatoms. The highest BCUT2D eigenvalue weighted by atomic mass is 127. The summed E-state index contributed by atoms with van der Waals surface area (Å²) in [4.78, 5) is 23.9. The number of para-hydroxylation sites is 1. The van der Waals surface area contributed by atoms with E-state index in [-0.39, 0.29) is 12.2 Å². The van der Waals surface area contributed by atoms with Gasteiger partial charge in [-0.25, -0.2) is 4.79 Å². The molecule has 0 fully saturated rings. The van der Waals surface area contributed by atoms with Crippen molar-refractivity contribution in [3.63, 3.8) is 0 Å². The maximum absolute atomic E-state index is 12.0. The first-order chi connectivity index (χ1) is 11.0. The number of esters is 1. The molecule has 2 rings (SSSR count). The number of anilines is 1. The molecule has 0 radical (unpaired) electrons. The molecule has 0 aliphatic heterocycles. The highest BCUT2D eigenvalue weighted by molar-refractivity contribution is 14.1. The number of aryl methyl sites for hydroxylation is 1. The predicted molar refractivity (Wildman–Crippen MR) is 95.8 cm³/mol. The van der Waals surface area contributed by atoms with E-state index in [2.05, 4.69) is 27.9 Å². The van der Waals surface area contributed by atoms with E-state index in [4.69, 9.17) is 9.47 Å². The molecule has 0 atom stereocenters. The number of carbonyl (C=O) groups is 2. The van der Waals surface area contributed by atoms with Crippen molar-refractivity contribution in [1.82, 2.24) is 0 Å². The summed E-state index contributed by atoms with van der Waals surface area (Å²) < 4.78 is 11.2. The molecule has 120 valence electrons. The van der Waals surface area contributed by atoms with Crippen LogP contribution in [0, 0.1) is 10.5 Å². The van der Waals surface area contributed by atoms with Gasteiger partial charge in [-0.05, 0) is 65.4 Å². The van der Waals surface area contributed by atoms with Gasteiger partial charge in [0, 0.05) is 9.26 Å². The van der Waals surface area contributed by atoms with Gasteiger partial charge in [-0.15, -0.1) is 0 Å². The number of halogens is 1. The Bertz CT molecular complexity index is 730. The van der Waals surface area contributed by atoms with Gasteiger partial charge in [-0.2, -0.15) is 0 Å². The van der Waals surface area contributed by atoms with Gasteiger partial charge in [-0.3, -0.25) is 4.79 Å². The molecule has 0 saturated heterocycles. The third-order valence-electron chi connectivity index (χ3n) is 3.12. The minimum absolute atomic E-state index is 0.285. The second kappa shape index (κ2) is 7.96. The van der Waals surface area contributed by atoms with E-state index < -0.39 is 11.9 Å². The van der Waals surface area contributed by atoms with Crippen LogP contribution in [0.5, 0.6) is 5.75 Å². The second-order valence-electron chi connectivity index (χ2n) is 4.78. The van der Waals surface area contributed by atoms with Crippen molar-refractivity contribution in [2.24, 2.45) is 0 Å². The SMILES string of the molecule is COc1ccccc1C(=O)OCC(=O)Nc1ccc(I)cc1C. The largest absolute Gasteiger partial charge is 0.496 e. The summed E-state index contributed by atoms with van der Waals surface area (Å²) in [5.41, 5.74) is 1.93. The third kappa shape index (κ3) is 4.69. The molecule has 23 heavy (non-hydrogen) atoms. The van der Waals surface area contributed by atoms with Crippen LogP contribution in [0.3, 0.4) is 0 Å². The molecule has 0 heterocycles. The molecule has 0 spiro atoms. The molecule has 0 saturated carbocycles. The van der Waals surface area contributed by atoms with Crippen LogP contribution in [-0.4, -0.2) is 25.6 Å². The van der Waals surface area contributed by atoms with Crippen molar-refractivity contribution in [2.75, 3.05) is 19.0 Å². The topological polar surface area (TPSA) is 64.6 Å². The highest BCUT2D eigenvalue weighted by Gasteiger charge is 2.15. The highest BCUT2D eigenvalue weighted by Crippen LogP contribution is 2.19. The summed E-state index contributed by atoms with van der Waals surface area (Å²) in [5, 5.41) is 2.72. The molecule has 0 unspecified atom stereocenters. The fourth-order valence-corrected chi connectivity index (χ4v) is 2.62. The minimum Gasteiger partial charge on any atom is -0.496 e. The molecular formula is C17H16INO4. The van der Waals surface area contributed by atoms with E-state index in [9.17, 15) is 9.59 Å². The Morgan fingerprint density at radius 1 is 1.17 bits per heavy atom. The van der Waals surface area contributed by atoms with Crippen molar-refractivity contribution in [2.45, 2.75) is 6.92 Å². The van der Waals surface area contributed by atoms with Gasteiger partial charge in [0.15, 0.2) is 6.61 Å². The van der Waals surface area contributed by atoms with Crippen molar-refractivity contribution in [1.29, 1.82) is 0 Å². The number of hydrogen-bond acceptors (Lipinski definition) is 4. The molecule has 0 aromatic heterocycles. The second-order valence-corrected chi connectivity index (χ2v) is 6.03. The standard InChI is InChI=1S/C17H16INO4/c1-11-9-12(18)7-8-14(11)19-16(20)10-23-17(21)13-5-3-4-6-15(13)22-2/h3-9H,10H2,1-2H3,(H,19,20). The summed E-state index contributed by atoms with van der Waals surface area (Å²) >= 11 is 2.20. The molecule has 0 bridgehead atoms. The normalized spacial score (nSPS) is 10.0. The van der Waals surface area contributed by atoms with Gasteiger partial charge >= 0.3 is 5.97 Å². The first kappa shape index (κ1) is 17.3. The zero-order valence-electron chi connectivity index (χ0n) is 12.8. The average molecular weight is 425 g/mol. The molecule has 2 aromatic rings. The summed E-state index contributed by atoms with van der Waals surface area (Å²) in [6, 6.07) is 12.4. The molecule has 0 aliphatic rings. The first-order valence-electron chi connectivity index (χ1n) is 6.87. The molecule has 1 N–H and O–H groups in total. The first-order valence-corrected chi connectivity index (χ1v) is 7.95. The van der Waals surface area contributed by atoms with Gasteiger partial charge < -0.3 is 14.8 Å². The van der Waals surface area contributed by atoms with E-state index >= 15 is 0 Å². The Kier molecular flexibility index (Phi) is 5.97. The summed E-state index contributed by atoms with van der Waals surface area (Å²) in [7, 11) is 1.47. The van der Waals surface area contributed by atoms with Crippen LogP contribution in [0.1, 0.15) is 15.9 Å². The van der Waals surface area contributed by atoms with Gasteiger partial charge in [0.1, 0.15) is 11.3 Å². The van der Waals surface area contributed by atoms with Gasteiger partial charge in [0.25, 0.3) is 5.91 Å². The summed E-state index contributed by atoms with van der Waals surface area (Å²) in [6.07, 6.45) is 0. The lowest BCUT2D eigenvalue weighted by atomic mass is 10.2. The fourth-order valence-electron chi connectivity index (χ4n) is 1.98. The predicted octanol–water partition coefficient (Wildman–Crippen LogP) is 3.40. The lowest BCUT2D eigenvalue weighted by molar-refractivity contribution is -0.119. The van der Waals surface area contributed by atoms with Crippen LogP contribution in [-0.2, 0) is 9.53 Å². The maximum Gasteiger partial charge on any atom is 0.342 e. The zero-order valence-corrected chi connectivity index (χ0v) is 14.9. The average Bonchev–Trinajstić information content (AvgIpc) is 2.55. The van der Waals surface area contributed by atoms with Crippen LogP contribution < -0.4 is 10.1 Å². The Morgan fingerprint density at radius 2 is 1.91 bits per heavy atom. The van der Waals surface area contributed by atoms with Crippen LogP contribution >= 0.6 is 22.6 Å². The quantitative estimate of drug-likeness (QED) is 0.589. The third-order valence-corrected chi connectivity index (χ3v) is 3.79. The van der Waals surface area contributed by atoms with E-state index in [0.717, 1.165) is 9.13 Å². The van der Waals surface area contributed by atoms with E-state index in [1.54, 1.807) is 24.3 Å². The van der Waals surface area contributed by atoms with Gasteiger partial charge in [0.2, 0.25) is 0 Å². The molecule has 5 nitrogen and oxygen atoms in total. The van der Waals surface area contributed by atoms with Gasteiger partial charge in [0.05, 0.1) is 7.11 Å². The number of rotatable bonds is 5. The monoisotopic (exact) mass is 425 g/mol. The molecule has 0 aliphatic carbocycles. The number of nitrogens with one attached hydrogen (secondary N) is 1. The Morgan fingerprint density at radius 3 is 2.61 bits per heavy atom. The number of hydrogen-bond donors (Lipinski definition) is 1. The van der Waals surface area contributed by atoms with Gasteiger partial charge in [-0.1, -0.05) is 12.1 Å². The Labute approximate surface area is 148 Å². The fraction of sp³-hybridized carbons (Fsp3) is 0.176. The van der Waals surface area contributed by atoms with Crippen LogP contribution in [0.2, 0.25) is 0 Å². The van der Waals surface area contributed by atoms with Crippen molar-refractivity contribution < 1.29 is 19.1 Å². The summed E-state index contributed by atoms with van der Waals surface area (Å²) in [6.45, 7) is 1.54. The Balaban J connectivity index is 1.95. The van der Waals surface area contributed by atoms with Crippen LogP contribution in [0.15, 0.2) is 42.5 Å². The maximum atomic E-state index is 12.0. The minimum atomic E-state index is -0.600.